The fourth-order valence-corrected chi connectivity index (χ4v) is 6.65. The second-order valence-electron chi connectivity index (χ2n) is 9.62. The zero-order chi connectivity index (χ0) is 23.5. The van der Waals surface area contributed by atoms with Crippen molar-refractivity contribution in [2.45, 2.75) is 70.0 Å². The van der Waals surface area contributed by atoms with Crippen LogP contribution in [0.3, 0.4) is 0 Å². The molecule has 2 aromatic heterocycles. The van der Waals surface area contributed by atoms with Gasteiger partial charge in [-0.2, -0.15) is 0 Å². The number of rotatable bonds is 5. The van der Waals surface area contributed by atoms with E-state index in [1.54, 1.807) is 12.1 Å². The minimum atomic E-state index is -3.72. The number of anilines is 1. The molecule has 176 valence electrons. The van der Waals surface area contributed by atoms with Crippen molar-refractivity contribution >= 4 is 38.0 Å². The Balaban J connectivity index is 1.75. The Kier molecular flexibility index (Phi) is 5.43. The molecular weight excluding hydrogens is 458 g/mol. The molecule has 1 aliphatic heterocycles. The Morgan fingerprint density at radius 1 is 1.12 bits per heavy atom. The van der Waals surface area contributed by atoms with Crippen LogP contribution >= 0.6 is 11.3 Å². The van der Waals surface area contributed by atoms with Gasteiger partial charge in [-0.15, -0.1) is 10.2 Å². The molecule has 1 saturated heterocycles. The van der Waals surface area contributed by atoms with Crippen LogP contribution in [-0.4, -0.2) is 59.3 Å². The predicted molar refractivity (Wildman–Crippen MR) is 130 cm³/mol. The van der Waals surface area contributed by atoms with Gasteiger partial charge in [0.05, 0.1) is 16.1 Å². The maximum absolute atomic E-state index is 13.4. The normalized spacial score (nSPS) is 22.6. The van der Waals surface area contributed by atoms with Crippen molar-refractivity contribution in [1.82, 2.24) is 30.2 Å². The molecule has 5 rings (SSSR count). The van der Waals surface area contributed by atoms with Gasteiger partial charge in [0.1, 0.15) is 16.5 Å². The molecule has 2 N–H and O–H groups in total. The molecule has 2 fully saturated rings. The van der Waals surface area contributed by atoms with Crippen molar-refractivity contribution in [2.75, 3.05) is 18.0 Å². The lowest BCUT2D eigenvalue weighted by Crippen LogP contribution is -2.54. The first kappa shape index (κ1) is 22.6. The third kappa shape index (κ3) is 4.46. The van der Waals surface area contributed by atoms with Gasteiger partial charge >= 0.3 is 0 Å². The molecule has 33 heavy (non-hydrogen) atoms. The van der Waals surface area contributed by atoms with Gasteiger partial charge in [-0.05, 0) is 59.6 Å². The predicted octanol–water partition coefficient (Wildman–Crippen LogP) is 2.78. The van der Waals surface area contributed by atoms with Gasteiger partial charge in [0.2, 0.25) is 10.0 Å². The van der Waals surface area contributed by atoms with Gasteiger partial charge in [0.25, 0.3) is 0 Å². The first-order chi connectivity index (χ1) is 15.5. The summed E-state index contributed by atoms with van der Waals surface area (Å²) in [6, 6.07) is 3.98. The lowest BCUT2D eigenvalue weighted by molar-refractivity contribution is 0.407. The fourth-order valence-electron chi connectivity index (χ4n) is 4.45. The highest BCUT2D eigenvalue weighted by molar-refractivity contribution is 7.89. The average Bonchev–Trinajstić information content (AvgIpc) is 3.27. The molecule has 3 heterocycles. The minimum Gasteiger partial charge on any atom is -0.367 e. The molecule has 3 aromatic rings. The number of aryl methyl sites for hydroxylation is 2. The van der Waals surface area contributed by atoms with E-state index < -0.39 is 10.0 Å². The van der Waals surface area contributed by atoms with E-state index in [-0.39, 0.29) is 22.5 Å². The summed E-state index contributed by atoms with van der Waals surface area (Å²) < 4.78 is 29.7. The number of aromatic nitrogens is 4. The highest BCUT2D eigenvalue weighted by Crippen LogP contribution is 2.39. The number of sulfonamides is 1. The summed E-state index contributed by atoms with van der Waals surface area (Å²) in [6.07, 6.45) is 1.69. The van der Waals surface area contributed by atoms with Crippen molar-refractivity contribution in [3.8, 4) is 10.7 Å². The molecule has 0 radical (unpaired) electrons. The highest BCUT2D eigenvalue weighted by Gasteiger charge is 2.41. The van der Waals surface area contributed by atoms with E-state index in [4.69, 9.17) is 4.98 Å². The Morgan fingerprint density at radius 3 is 2.42 bits per heavy atom. The van der Waals surface area contributed by atoms with Crippen LogP contribution in [0.2, 0.25) is 0 Å². The number of nitrogens with zero attached hydrogens (tertiary/aromatic N) is 5. The van der Waals surface area contributed by atoms with Crippen LogP contribution in [0.15, 0.2) is 17.0 Å². The summed E-state index contributed by atoms with van der Waals surface area (Å²) in [4.78, 5) is 11.9. The van der Waals surface area contributed by atoms with Crippen molar-refractivity contribution in [3.63, 3.8) is 0 Å². The summed E-state index contributed by atoms with van der Waals surface area (Å²) >= 11 is 1.44. The number of fused-ring (bicyclic) bond motifs is 1. The van der Waals surface area contributed by atoms with Gasteiger partial charge < -0.3 is 10.2 Å². The smallest absolute Gasteiger partial charge is 0.241 e. The average molecular weight is 488 g/mol. The number of nitrogens with one attached hydrogen (secondary N) is 2. The van der Waals surface area contributed by atoms with Crippen molar-refractivity contribution < 1.29 is 8.42 Å². The monoisotopic (exact) mass is 487 g/mol. The molecule has 11 heteroatoms. The van der Waals surface area contributed by atoms with Crippen LogP contribution in [0.25, 0.3) is 21.6 Å². The van der Waals surface area contributed by atoms with E-state index in [1.807, 2.05) is 20.8 Å². The maximum atomic E-state index is 13.4. The number of hydrogen-bond donors (Lipinski definition) is 2. The highest BCUT2D eigenvalue weighted by atomic mass is 32.2. The van der Waals surface area contributed by atoms with E-state index >= 15 is 0 Å². The lowest BCUT2D eigenvalue weighted by atomic mass is 10.1. The molecule has 0 spiro atoms. The lowest BCUT2D eigenvalue weighted by Gasteiger charge is -2.38. The summed E-state index contributed by atoms with van der Waals surface area (Å²) in [6.45, 7) is 11.5. The van der Waals surface area contributed by atoms with Crippen LogP contribution in [-0.2, 0) is 10.0 Å². The second-order valence-corrected chi connectivity index (χ2v) is 12.5. The van der Waals surface area contributed by atoms with Crippen molar-refractivity contribution in [2.24, 2.45) is 0 Å². The van der Waals surface area contributed by atoms with Gasteiger partial charge in [0, 0.05) is 36.1 Å². The van der Waals surface area contributed by atoms with Crippen LogP contribution in [0.4, 0.5) is 5.69 Å². The van der Waals surface area contributed by atoms with Crippen LogP contribution in [0.1, 0.15) is 44.4 Å². The third-order valence-electron chi connectivity index (χ3n) is 6.18. The van der Waals surface area contributed by atoms with Crippen LogP contribution < -0.4 is 14.9 Å². The quantitative estimate of drug-likeness (QED) is 0.565. The second kappa shape index (κ2) is 7.93. The standard InChI is InChI=1S/C22H29N7O2S2/c1-12-10-29(11-13(2)23-12)18-9-16(33(30,31)28-22(5)6-7-22)8-17-19(18)24-14(3)25-20(17)21-27-26-15(4)32-21/h8-9,12-13,23,28H,6-7,10-11H2,1-5H3/t12-,13-/m0/s1. The van der Waals surface area contributed by atoms with Crippen LogP contribution in [0, 0.1) is 13.8 Å². The van der Waals surface area contributed by atoms with Crippen LogP contribution in [0.5, 0.6) is 0 Å². The van der Waals surface area contributed by atoms with Gasteiger partial charge in [-0.1, -0.05) is 11.3 Å². The molecule has 9 nitrogen and oxygen atoms in total. The topological polar surface area (TPSA) is 113 Å². The maximum Gasteiger partial charge on any atom is 0.241 e. The molecule has 0 unspecified atom stereocenters. The zero-order valence-electron chi connectivity index (χ0n) is 19.5. The largest absolute Gasteiger partial charge is 0.367 e. The Labute approximate surface area is 198 Å². The van der Waals surface area contributed by atoms with Gasteiger partial charge in [-0.3, -0.25) is 0 Å². The van der Waals surface area contributed by atoms with E-state index in [2.05, 4.69) is 44.0 Å². The SMILES string of the molecule is Cc1nc(-c2nnc(C)s2)c2cc(S(=O)(=O)NC3(C)CC3)cc(N3C[C@H](C)N[C@@H](C)C3)c2n1. The zero-order valence-corrected chi connectivity index (χ0v) is 21.1. The molecule has 0 bridgehead atoms. The summed E-state index contributed by atoms with van der Waals surface area (Å²) in [5, 5.41) is 14.1. The molecular formula is C22H29N7O2S2. The molecule has 1 saturated carbocycles. The molecule has 1 aliphatic carbocycles. The summed E-state index contributed by atoms with van der Waals surface area (Å²) in [5.74, 6) is 0.613. The van der Waals surface area contributed by atoms with Gasteiger partial charge in [-0.25, -0.2) is 23.1 Å². The minimum absolute atomic E-state index is 0.229. The van der Waals surface area contributed by atoms with Crippen molar-refractivity contribution in [1.29, 1.82) is 0 Å². The first-order valence-electron chi connectivity index (χ1n) is 11.2. The molecule has 1 aromatic carbocycles. The van der Waals surface area contributed by atoms with Crippen molar-refractivity contribution in [3.05, 3.63) is 23.0 Å². The molecule has 2 aliphatic rings. The van der Waals surface area contributed by atoms with E-state index in [9.17, 15) is 8.42 Å². The van der Waals surface area contributed by atoms with E-state index in [1.165, 1.54) is 11.3 Å². The Morgan fingerprint density at radius 2 is 1.82 bits per heavy atom. The number of hydrogen-bond acceptors (Lipinski definition) is 9. The van der Waals surface area contributed by atoms with E-state index in [0.29, 0.717) is 21.9 Å². The summed E-state index contributed by atoms with van der Waals surface area (Å²) in [5.41, 5.74) is 1.80. The first-order valence-corrected chi connectivity index (χ1v) is 13.5. The number of benzene rings is 1. The Hall–Kier alpha value is -2.21. The molecule has 0 amide bonds. The third-order valence-corrected chi connectivity index (χ3v) is 8.65. The van der Waals surface area contributed by atoms with E-state index in [0.717, 1.165) is 42.1 Å². The summed E-state index contributed by atoms with van der Waals surface area (Å²) in [7, 11) is -3.72. The van der Waals surface area contributed by atoms with Gasteiger partial charge in [0.15, 0.2) is 5.01 Å². The molecule has 2 atom stereocenters. The Bertz CT molecular complexity index is 1320. The number of piperazine rings is 1. The fraction of sp³-hybridized carbons (Fsp3) is 0.545.